The zero-order chi connectivity index (χ0) is 17.0. The van der Waals surface area contributed by atoms with Crippen molar-refractivity contribution in [2.24, 2.45) is 0 Å². The summed E-state index contributed by atoms with van der Waals surface area (Å²) < 4.78 is 32.7. The van der Waals surface area contributed by atoms with Gasteiger partial charge in [-0.25, -0.2) is 4.79 Å². The van der Waals surface area contributed by atoms with Crippen LogP contribution in [0.4, 0.5) is 5.69 Å². The van der Waals surface area contributed by atoms with Crippen LogP contribution in [0.2, 0.25) is 0 Å². The Morgan fingerprint density at radius 2 is 1.78 bits per heavy atom. The molecule has 0 saturated heterocycles. The molecule has 3 N–H and O–H groups in total. The molecule has 0 heterocycles. The molecule has 0 aromatic heterocycles. The molecule has 0 bridgehead atoms. The first-order valence-electron chi connectivity index (χ1n) is 7.00. The molecule has 122 valence electrons. The van der Waals surface area contributed by atoms with Gasteiger partial charge in [0, 0.05) is 0 Å². The molecule has 6 nitrogen and oxygen atoms in total. The fourth-order valence-electron chi connectivity index (χ4n) is 2.39. The zero-order valence-electron chi connectivity index (χ0n) is 12.4. The van der Waals surface area contributed by atoms with E-state index >= 15 is 0 Å². The van der Waals surface area contributed by atoms with Crippen LogP contribution in [0.5, 0.6) is 0 Å². The number of carbonyl (C=O) groups is 1. The van der Waals surface area contributed by atoms with Crippen LogP contribution in [0, 0.1) is 0 Å². The third-order valence-corrected chi connectivity index (χ3v) is 4.40. The molecule has 0 aliphatic carbocycles. The van der Waals surface area contributed by atoms with Gasteiger partial charge in [-0.3, -0.25) is 4.55 Å². The number of rotatable bonds is 6. The molecule has 2 aromatic carbocycles. The number of anilines is 1. The summed E-state index contributed by atoms with van der Waals surface area (Å²) in [6, 6.07) is 13.1. The van der Waals surface area contributed by atoms with Crippen molar-refractivity contribution < 1.29 is 22.9 Å². The SMILES string of the molecule is CCC(Nc1cccc(C(=O)O)c1S(=O)(=O)O)c1ccccc1. The standard InChI is InChI=1S/C16H17NO5S/c1-2-13(11-7-4-3-5-8-11)17-14-10-6-9-12(16(18)19)15(14)23(20,21)22/h3-10,13,17H,2H2,1H3,(H,18,19)(H,20,21,22). The second-order valence-corrected chi connectivity index (χ2v) is 6.34. The quantitative estimate of drug-likeness (QED) is 0.700. The Morgan fingerprint density at radius 3 is 2.30 bits per heavy atom. The highest BCUT2D eigenvalue weighted by molar-refractivity contribution is 7.86. The number of benzene rings is 2. The van der Waals surface area contributed by atoms with Gasteiger partial charge in [0.15, 0.2) is 0 Å². The van der Waals surface area contributed by atoms with Gasteiger partial charge in [0.2, 0.25) is 0 Å². The van der Waals surface area contributed by atoms with E-state index in [1.165, 1.54) is 12.1 Å². The number of hydrogen-bond acceptors (Lipinski definition) is 4. The smallest absolute Gasteiger partial charge is 0.337 e. The number of carboxylic acid groups (broad SMARTS) is 1. The first kappa shape index (κ1) is 17.0. The first-order valence-corrected chi connectivity index (χ1v) is 8.44. The highest BCUT2D eigenvalue weighted by Crippen LogP contribution is 2.30. The van der Waals surface area contributed by atoms with Gasteiger partial charge < -0.3 is 10.4 Å². The molecule has 1 unspecified atom stereocenters. The van der Waals surface area contributed by atoms with Crippen molar-refractivity contribution in [2.45, 2.75) is 24.3 Å². The van der Waals surface area contributed by atoms with Crippen LogP contribution in [0.3, 0.4) is 0 Å². The lowest BCUT2D eigenvalue weighted by Crippen LogP contribution is -2.15. The molecule has 0 saturated carbocycles. The summed E-state index contributed by atoms with van der Waals surface area (Å²) in [5.41, 5.74) is 0.514. The molecule has 0 aliphatic rings. The summed E-state index contributed by atoms with van der Waals surface area (Å²) in [5, 5.41) is 12.2. The summed E-state index contributed by atoms with van der Waals surface area (Å²) in [5.74, 6) is -1.42. The average Bonchev–Trinajstić information content (AvgIpc) is 2.52. The Kier molecular flexibility index (Phi) is 5.02. The van der Waals surface area contributed by atoms with Crippen molar-refractivity contribution in [3.63, 3.8) is 0 Å². The summed E-state index contributed by atoms with van der Waals surface area (Å²) in [4.78, 5) is 10.6. The largest absolute Gasteiger partial charge is 0.478 e. The number of nitrogens with one attached hydrogen (secondary N) is 1. The van der Waals surface area contributed by atoms with E-state index in [4.69, 9.17) is 5.11 Å². The van der Waals surface area contributed by atoms with E-state index in [0.29, 0.717) is 6.42 Å². The molecule has 0 radical (unpaired) electrons. The van der Waals surface area contributed by atoms with E-state index < -0.39 is 26.5 Å². The van der Waals surface area contributed by atoms with E-state index in [1.54, 1.807) is 0 Å². The van der Waals surface area contributed by atoms with Crippen LogP contribution >= 0.6 is 0 Å². The van der Waals surface area contributed by atoms with Crippen molar-refractivity contribution in [3.8, 4) is 0 Å². The van der Waals surface area contributed by atoms with Crippen molar-refractivity contribution in [1.29, 1.82) is 0 Å². The van der Waals surface area contributed by atoms with Gasteiger partial charge in [-0.2, -0.15) is 8.42 Å². The van der Waals surface area contributed by atoms with E-state index in [9.17, 15) is 17.8 Å². The Labute approximate surface area is 134 Å². The van der Waals surface area contributed by atoms with Crippen LogP contribution in [0.25, 0.3) is 0 Å². The van der Waals surface area contributed by atoms with E-state index in [-0.39, 0.29) is 11.7 Å². The molecular weight excluding hydrogens is 318 g/mol. The van der Waals surface area contributed by atoms with Crippen LogP contribution in [-0.4, -0.2) is 24.0 Å². The second kappa shape index (κ2) is 6.80. The number of aromatic carboxylic acids is 1. The summed E-state index contributed by atoms with van der Waals surface area (Å²) in [7, 11) is -4.69. The maximum absolute atomic E-state index is 11.6. The van der Waals surface area contributed by atoms with Gasteiger partial charge >= 0.3 is 5.97 Å². The molecule has 2 rings (SSSR count). The maximum Gasteiger partial charge on any atom is 0.337 e. The minimum atomic E-state index is -4.69. The Bertz CT molecular complexity index is 802. The second-order valence-electron chi connectivity index (χ2n) is 4.98. The maximum atomic E-state index is 11.6. The number of hydrogen-bond donors (Lipinski definition) is 3. The Hall–Kier alpha value is -2.38. The van der Waals surface area contributed by atoms with Crippen LogP contribution in [0.15, 0.2) is 53.4 Å². The molecule has 0 spiro atoms. The lowest BCUT2D eigenvalue weighted by molar-refractivity contribution is 0.0692. The van der Waals surface area contributed by atoms with Gasteiger partial charge in [-0.05, 0) is 24.1 Å². The third kappa shape index (κ3) is 3.88. The van der Waals surface area contributed by atoms with Gasteiger partial charge in [0.25, 0.3) is 10.1 Å². The molecule has 7 heteroatoms. The summed E-state index contributed by atoms with van der Waals surface area (Å²) in [6.45, 7) is 1.92. The lowest BCUT2D eigenvalue weighted by atomic mass is 10.0. The number of carboxylic acids is 1. The molecule has 2 aromatic rings. The van der Waals surface area contributed by atoms with Gasteiger partial charge in [0.1, 0.15) is 4.90 Å². The Balaban J connectivity index is 2.51. The fourth-order valence-corrected chi connectivity index (χ4v) is 3.23. The first-order chi connectivity index (χ1) is 10.8. The van der Waals surface area contributed by atoms with Crippen LogP contribution in [0.1, 0.15) is 35.3 Å². The third-order valence-electron chi connectivity index (χ3n) is 3.44. The van der Waals surface area contributed by atoms with E-state index in [0.717, 1.165) is 11.6 Å². The van der Waals surface area contributed by atoms with Gasteiger partial charge in [0.05, 0.1) is 17.3 Å². The fraction of sp³-hybridized carbons (Fsp3) is 0.188. The monoisotopic (exact) mass is 335 g/mol. The summed E-state index contributed by atoms with van der Waals surface area (Å²) >= 11 is 0. The van der Waals surface area contributed by atoms with Crippen molar-refractivity contribution in [1.82, 2.24) is 0 Å². The topological polar surface area (TPSA) is 104 Å². The van der Waals surface area contributed by atoms with Crippen molar-refractivity contribution in [3.05, 3.63) is 59.7 Å². The molecule has 23 heavy (non-hydrogen) atoms. The highest BCUT2D eigenvalue weighted by atomic mass is 32.2. The van der Waals surface area contributed by atoms with Crippen LogP contribution < -0.4 is 5.32 Å². The van der Waals surface area contributed by atoms with Crippen molar-refractivity contribution >= 4 is 21.8 Å². The molecular formula is C16H17NO5S. The highest BCUT2D eigenvalue weighted by Gasteiger charge is 2.25. The minimum Gasteiger partial charge on any atom is -0.478 e. The van der Waals surface area contributed by atoms with E-state index in [1.807, 2.05) is 37.3 Å². The van der Waals surface area contributed by atoms with E-state index in [2.05, 4.69) is 5.32 Å². The van der Waals surface area contributed by atoms with Crippen molar-refractivity contribution in [2.75, 3.05) is 5.32 Å². The van der Waals surface area contributed by atoms with Gasteiger partial charge in [-0.15, -0.1) is 0 Å². The normalized spacial score (nSPS) is 12.6. The molecule has 0 amide bonds. The molecule has 0 fully saturated rings. The predicted molar refractivity (Wildman–Crippen MR) is 86.3 cm³/mol. The van der Waals surface area contributed by atoms with Gasteiger partial charge in [-0.1, -0.05) is 43.3 Å². The minimum absolute atomic E-state index is 0.0584. The zero-order valence-corrected chi connectivity index (χ0v) is 13.2. The summed E-state index contributed by atoms with van der Waals surface area (Å²) in [6.07, 6.45) is 0.645. The average molecular weight is 335 g/mol. The molecule has 1 atom stereocenters. The van der Waals surface area contributed by atoms with Crippen LogP contribution in [-0.2, 0) is 10.1 Å². The predicted octanol–water partition coefficient (Wildman–Crippen LogP) is 3.19. The lowest BCUT2D eigenvalue weighted by Gasteiger charge is -2.21. The molecule has 0 aliphatic heterocycles. The Morgan fingerprint density at radius 1 is 1.13 bits per heavy atom.